The molecule has 10 aromatic rings. The van der Waals surface area contributed by atoms with Crippen LogP contribution >= 0.6 is 0 Å². The van der Waals surface area contributed by atoms with E-state index in [1.165, 1.54) is 88.8 Å². The Bertz CT molecular complexity index is 5110. The zero-order chi connectivity index (χ0) is 71.9. The maximum Gasteiger partial charge on any atom is 0.260 e. The second kappa shape index (κ2) is 21.9. The third-order valence-electron chi connectivity index (χ3n) is 22.8. The van der Waals surface area contributed by atoms with Gasteiger partial charge in [0.25, 0.3) is 20.1 Å². The third-order valence-corrected chi connectivity index (χ3v) is 22.8. The average Bonchev–Trinajstić information content (AvgIpc) is 0.690. The Labute approximate surface area is 604 Å². The molecule has 6 aliphatic heterocycles. The van der Waals surface area contributed by atoms with Crippen molar-refractivity contribution in [3.63, 3.8) is 0 Å². The van der Waals surface area contributed by atoms with E-state index in [0.717, 1.165) is 90.6 Å². The van der Waals surface area contributed by atoms with Crippen LogP contribution in [0.1, 0.15) is 211 Å². The molecule has 0 saturated carbocycles. The molecule has 0 fully saturated rings. The van der Waals surface area contributed by atoms with Crippen LogP contribution in [0.2, 0.25) is 0 Å². The highest BCUT2D eigenvalue weighted by Gasteiger charge is 2.51. The summed E-state index contributed by atoms with van der Waals surface area (Å²) in [6.07, 6.45) is 0. The Balaban J connectivity index is 1.01. The van der Waals surface area contributed by atoms with Crippen LogP contribution in [-0.2, 0) is 43.3 Å². The molecule has 0 aromatic heterocycles. The van der Waals surface area contributed by atoms with Crippen molar-refractivity contribution in [3.8, 4) is 34.5 Å². The second-order valence-electron chi connectivity index (χ2n) is 38.4. The first-order valence-electron chi connectivity index (χ1n) is 37.1. The van der Waals surface area contributed by atoms with Crippen LogP contribution in [0, 0.1) is 0 Å². The highest BCUT2D eigenvalue weighted by atomic mass is 16.5. The van der Waals surface area contributed by atoms with E-state index in [9.17, 15) is 0 Å². The van der Waals surface area contributed by atoms with Gasteiger partial charge in [0.2, 0.25) is 0 Å². The molecule has 0 bridgehead atoms. The molecule has 0 unspecified atom stereocenters. The minimum absolute atomic E-state index is 0.0107. The zero-order valence-corrected chi connectivity index (χ0v) is 64.5. The summed E-state index contributed by atoms with van der Waals surface area (Å²) in [5.74, 6) is 5.19. The van der Waals surface area contributed by atoms with Crippen LogP contribution in [-0.4, -0.2) is 20.1 Å². The minimum Gasteiger partial charge on any atom is -0.458 e. The molecule has 10 aromatic carbocycles. The molecule has 0 saturated heterocycles. The van der Waals surface area contributed by atoms with Gasteiger partial charge in [-0.2, -0.15) is 0 Å². The summed E-state index contributed by atoms with van der Waals surface area (Å²) in [6, 6.07) is 66.8. The fraction of sp³-hybridized carbons (Fsp3) is 0.348. The van der Waals surface area contributed by atoms with Gasteiger partial charge in [-0.3, -0.25) is 0 Å². The lowest BCUT2D eigenvalue weighted by Crippen LogP contribution is -2.65. The van der Waals surface area contributed by atoms with Crippen LogP contribution < -0.4 is 78.1 Å². The van der Waals surface area contributed by atoms with E-state index in [1.54, 1.807) is 0 Å². The van der Waals surface area contributed by atoms with Gasteiger partial charge in [-0.25, -0.2) is 0 Å². The van der Waals surface area contributed by atoms with Gasteiger partial charge in [0.1, 0.15) is 34.5 Å². The Hall–Kier alpha value is -8.81. The third kappa shape index (κ3) is 10.7. The molecule has 6 nitrogen and oxygen atoms in total. The summed E-state index contributed by atoms with van der Waals surface area (Å²) in [6.45, 7) is 55.2. The van der Waals surface area contributed by atoms with Gasteiger partial charge in [-0.15, -0.1) is 0 Å². The number of rotatable bonds is 3. The van der Waals surface area contributed by atoms with E-state index in [-0.39, 0.29) is 63.5 Å². The summed E-state index contributed by atoms with van der Waals surface area (Å²) < 4.78 is 22.8. The Morgan fingerprint density at radius 2 is 0.554 bits per heavy atom. The molecule has 101 heavy (non-hydrogen) atoms. The highest BCUT2D eigenvalue weighted by Crippen LogP contribution is 2.51. The van der Waals surface area contributed by atoms with Crippen LogP contribution in [0.15, 0.2) is 170 Å². The SMILES string of the molecule is CC(C)(C)c1ccc(N2c3cc4c(cc3B3c5c(cc(C(C)(C)C)cc52)Oc2cccc(C(C)(C)C)c23)B2c3cc5c(cc3Oc3cc(C(C)(C)C)cc(c32)O4)N(c2ccc(C(C)(C)C)cc2)c2cc(C(C)(C)C)cc3c2B5c2cc(C(C)(C)C)ccc2N3c2ccc(C(C)(C)C)cc2)cc1. The van der Waals surface area contributed by atoms with Crippen molar-refractivity contribution in [1.82, 2.24) is 0 Å². The van der Waals surface area contributed by atoms with E-state index in [0.29, 0.717) is 0 Å². The molecular weight excluding hydrogens is 1230 g/mol. The summed E-state index contributed by atoms with van der Waals surface area (Å²) in [4.78, 5) is 7.71. The number of anilines is 9. The van der Waals surface area contributed by atoms with Crippen LogP contribution in [0.3, 0.4) is 0 Å². The molecule has 6 heterocycles. The molecule has 0 spiro atoms. The predicted molar refractivity (Wildman–Crippen MR) is 434 cm³/mol. The maximum atomic E-state index is 7.74. The van der Waals surface area contributed by atoms with Gasteiger partial charge in [-0.1, -0.05) is 239 Å². The molecule has 6 aliphatic rings. The van der Waals surface area contributed by atoms with Gasteiger partial charge in [0, 0.05) is 68.8 Å². The van der Waals surface area contributed by atoms with E-state index in [1.807, 2.05) is 0 Å². The van der Waals surface area contributed by atoms with Gasteiger partial charge >= 0.3 is 0 Å². The molecule has 9 heteroatoms. The summed E-state index contributed by atoms with van der Waals surface area (Å²) in [7, 11) is 0. The average molecular weight is 1330 g/mol. The van der Waals surface area contributed by atoms with Crippen molar-refractivity contribution in [2.75, 3.05) is 14.7 Å². The Kier molecular flexibility index (Phi) is 14.4. The topological polar surface area (TPSA) is 37.4 Å². The smallest absolute Gasteiger partial charge is 0.260 e. The molecule has 0 atom stereocenters. The first-order valence-corrected chi connectivity index (χ1v) is 37.1. The summed E-state index contributed by atoms with van der Waals surface area (Å²) in [5.41, 5.74) is 30.1. The van der Waals surface area contributed by atoms with Crippen molar-refractivity contribution < 1.29 is 14.2 Å². The Morgan fingerprint density at radius 1 is 0.218 bits per heavy atom. The van der Waals surface area contributed by atoms with Crippen molar-refractivity contribution in [1.29, 1.82) is 0 Å². The number of hydrogen-bond acceptors (Lipinski definition) is 6. The lowest BCUT2D eigenvalue weighted by atomic mass is 9.29. The maximum absolute atomic E-state index is 7.74. The lowest BCUT2D eigenvalue weighted by Gasteiger charge is -2.46. The van der Waals surface area contributed by atoms with Gasteiger partial charge in [0.15, 0.2) is 0 Å². The number of ether oxygens (including phenoxy) is 3. The fourth-order valence-electron chi connectivity index (χ4n) is 16.9. The van der Waals surface area contributed by atoms with Crippen LogP contribution in [0.25, 0.3) is 0 Å². The van der Waals surface area contributed by atoms with Crippen molar-refractivity contribution in [2.24, 2.45) is 0 Å². The highest BCUT2D eigenvalue weighted by molar-refractivity contribution is 7.03. The fourth-order valence-corrected chi connectivity index (χ4v) is 16.9. The molecule has 0 N–H and O–H groups in total. The van der Waals surface area contributed by atoms with Gasteiger partial charge in [0.05, 0.1) is 0 Å². The van der Waals surface area contributed by atoms with Crippen molar-refractivity contribution in [3.05, 3.63) is 214 Å². The number of hydrogen-bond donors (Lipinski definition) is 0. The van der Waals surface area contributed by atoms with E-state index >= 15 is 0 Å². The Morgan fingerprint density at radius 3 is 0.970 bits per heavy atom. The molecule has 16 rings (SSSR count). The summed E-state index contributed by atoms with van der Waals surface area (Å²) in [5, 5.41) is 0. The molecule has 0 aliphatic carbocycles. The summed E-state index contributed by atoms with van der Waals surface area (Å²) >= 11 is 0. The standard InChI is InChI=1S/C92H100B3N3O3/c1-85(2,3)53-28-35-60(36-29-53)96-69-41-34-56(88(10,11)12)42-64(69)93-65-49-67-76(51-70(65)97(61-37-30-54(31-38-61)86(4,5)6)73-44-57(89(13,14)15)43-72(96)82(73)93)100-79-47-59(91(19,20)21)48-80-84(79)94(67)68-50-66-71(52-77(68)101-80)98(62-39-32-55(33-40-62)87(7,8)9)74-45-58(90(16,17)18)46-78-83(74)95(66)81-63(92(22,23)24)26-25-27-75(81)99-78/h25-52H,1-24H3. The lowest BCUT2D eigenvalue weighted by molar-refractivity contribution is 0.458. The van der Waals surface area contributed by atoms with Crippen LogP contribution in [0.5, 0.6) is 34.5 Å². The van der Waals surface area contributed by atoms with E-state index in [4.69, 9.17) is 14.2 Å². The first kappa shape index (κ1) is 66.7. The van der Waals surface area contributed by atoms with Gasteiger partial charge < -0.3 is 28.9 Å². The molecule has 510 valence electrons. The van der Waals surface area contributed by atoms with Crippen LogP contribution in [0.4, 0.5) is 51.2 Å². The van der Waals surface area contributed by atoms with Crippen molar-refractivity contribution in [2.45, 2.75) is 209 Å². The number of nitrogens with zero attached hydrogens (tertiary/aromatic N) is 3. The largest absolute Gasteiger partial charge is 0.458 e. The van der Waals surface area contributed by atoms with E-state index < -0.39 is 0 Å². The number of fused-ring (bicyclic) bond motifs is 12. The normalized spacial score (nSPS) is 15.0. The molecule has 0 amide bonds. The zero-order valence-electron chi connectivity index (χ0n) is 64.5. The molecular formula is C92H100B3N3O3. The quantitative estimate of drug-likeness (QED) is 0.164. The monoisotopic (exact) mass is 1330 g/mol. The second-order valence-corrected chi connectivity index (χ2v) is 38.4. The predicted octanol–water partition coefficient (Wildman–Crippen LogP) is 19.3. The molecule has 0 radical (unpaired) electrons. The number of benzene rings is 10. The van der Waals surface area contributed by atoms with Crippen molar-refractivity contribution >= 4 is 120 Å². The van der Waals surface area contributed by atoms with Gasteiger partial charge in [-0.05, 0) is 216 Å². The first-order chi connectivity index (χ1) is 47.1. The minimum atomic E-state index is -0.289. The van der Waals surface area contributed by atoms with E-state index in [2.05, 4.69) is 351 Å².